The molecule has 1 aliphatic rings. The van der Waals surface area contributed by atoms with Gasteiger partial charge in [0.25, 0.3) is 0 Å². The normalized spacial score (nSPS) is 13.6. The molecule has 4 heteroatoms. The van der Waals surface area contributed by atoms with Crippen LogP contribution in [-0.2, 0) is 11.2 Å². The van der Waals surface area contributed by atoms with Gasteiger partial charge in [0.2, 0.25) is 5.91 Å². The maximum Gasteiger partial charge on any atom is 0.243 e. The predicted molar refractivity (Wildman–Crippen MR) is 101 cm³/mol. The number of nitrogens with one attached hydrogen (secondary N) is 1. The molecule has 0 fully saturated rings. The molecule has 0 aliphatic carbocycles. The fraction of sp³-hybridized carbons (Fsp3) is 0.350. The number of amides is 1. The fourth-order valence-electron chi connectivity index (χ4n) is 3.39. The van der Waals surface area contributed by atoms with Crippen LogP contribution in [0.25, 0.3) is 0 Å². The van der Waals surface area contributed by atoms with Gasteiger partial charge in [0.1, 0.15) is 0 Å². The van der Waals surface area contributed by atoms with Gasteiger partial charge in [0.05, 0.1) is 17.3 Å². The molecule has 2 aromatic carbocycles. The Morgan fingerprint density at radius 3 is 2.71 bits per heavy atom. The highest BCUT2D eigenvalue weighted by atomic mass is 35.5. The lowest BCUT2D eigenvalue weighted by Crippen LogP contribution is -2.37. The molecular formula is C20H23ClN2O. The third-order valence-corrected chi connectivity index (χ3v) is 4.78. The van der Waals surface area contributed by atoms with E-state index in [1.165, 1.54) is 16.8 Å². The summed E-state index contributed by atoms with van der Waals surface area (Å²) in [6, 6.07) is 10.4. The molecule has 0 saturated carbocycles. The van der Waals surface area contributed by atoms with Crippen molar-refractivity contribution in [3.05, 3.63) is 57.6 Å². The molecule has 1 N–H and O–H groups in total. The minimum atomic E-state index is -0.0303. The number of halogens is 1. The molecule has 0 atom stereocenters. The molecule has 0 radical (unpaired) electrons. The minimum Gasteiger partial charge on any atom is -0.362 e. The van der Waals surface area contributed by atoms with Crippen LogP contribution in [0, 0.1) is 20.8 Å². The first-order chi connectivity index (χ1) is 11.4. The number of hydrogen-bond acceptors (Lipinski definition) is 2. The molecule has 0 spiro atoms. The van der Waals surface area contributed by atoms with Crippen LogP contribution in [0.5, 0.6) is 0 Å². The van der Waals surface area contributed by atoms with E-state index >= 15 is 0 Å². The van der Waals surface area contributed by atoms with Gasteiger partial charge in [-0.25, -0.2) is 0 Å². The summed E-state index contributed by atoms with van der Waals surface area (Å²) in [7, 11) is 0. The van der Waals surface area contributed by atoms with Crippen molar-refractivity contribution in [1.29, 1.82) is 0 Å². The average Bonchev–Trinajstić information content (AvgIpc) is 2.50. The first kappa shape index (κ1) is 16.8. The summed E-state index contributed by atoms with van der Waals surface area (Å²) in [6.07, 6.45) is 2.16. The summed E-state index contributed by atoms with van der Waals surface area (Å²) < 4.78 is 0. The lowest BCUT2D eigenvalue weighted by Gasteiger charge is -2.31. The van der Waals surface area contributed by atoms with E-state index in [1.54, 1.807) is 0 Å². The Kier molecular flexibility index (Phi) is 4.81. The Labute approximate surface area is 148 Å². The van der Waals surface area contributed by atoms with Crippen LogP contribution < -0.4 is 10.2 Å². The van der Waals surface area contributed by atoms with E-state index in [4.69, 9.17) is 11.6 Å². The quantitative estimate of drug-likeness (QED) is 0.880. The van der Waals surface area contributed by atoms with Crippen molar-refractivity contribution in [2.75, 3.05) is 23.3 Å². The number of rotatable bonds is 3. The highest BCUT2D eigenvalue weighted by Crippen LogP contribution is 2.29. The van der Waals surface area contributed by atoms with Crippen molar-refractivity contribution >= 4 is 28.9 Å². The lowest BCUT2D eigenvalue weighted by atomic mass is 9.99. The van der Waals surface area contributed by atoms with Crippen molar-refractivity contribution in [2.45, 2.75) is 33.6 Å². The molecule has 3 nitrogen and oxygen atoms in total. The van der Waals surface area contributed by atoms with Gasteiger partial charge >= 0.3 is 0 Å². The van der Waals surface area contributed by atoms with Gasteiger partial charge in [-0.3, -0.25) is 4.79 Å². The van der Waals surface area contributed by atoms with Crippen LogP contribution in [0.3, 0.4) is 0 Å². The molecule has 1 heterocycles. The standard InChI is InChI=1S/C20H23ClN2O/c1-13-6-7-18-16(10-13)5-4-8-23(18)12-19(24)22-20-15(3)9-14(2)11-17(20)21/h6-7,9-11H,4-5,8,12H2,1-3H3,(H,22,24). The third-order valence-electron chi connectivity index (χ3n) is 4.48. The smallest absolute Gasteiger partial charge is 0.243 e. The average molecular weight is 343 g/mol. The third kappa shape index (κ3) is 3.57. The predicted octanol–water partition coefficient (Wildman–Crippen LogP) is 4.66. The number of fused-ring (bicyclic) bond motifs is 1. The maximum atomic E-state index is 12.5. The maximum absolute atomic E-state index is 12.5. The van der Waals surface area contributed by atoms with Crippen LogP contribution in [-0.4, -0.2) is 19.0 Å². The lowest BCUT2D eigenvalue weighted by molar-refractivity contribution is -0.115. The second-order valence-corrected chi connectivity index (χ2v) is 7.05. The summed E-state index contributed by atoms with van der Waals surface area (Å²) in [6.45, 7) is 7.32. The van der Waals surface area contributed by atoms with Gasteiger partial charge in [-0.15, -0.1) is 0 Å². The van der Waals surface area contributed by atoms with Crippen molar-refractivity contribution in [3.63, 3.8) is 0 Å². The first-order valence-electron chi connectivity index (χ1n) is 8.35. The molecule has 126 valence electrons. The number of hydrogen-bond donors (Lipinski definition) is 1. The van der Waals surface area contributed by atoms with Crippen LogP contribution in [0.15, 0.2) is 30.3 Å². The summed E-state index contributed by atoms with van der Waals surface area (Å²) >= 11 is 6.29. The number of anilines is 2. The molecule has 0 saturated heterocycles. The Hall–Kier alpha value is -2.00. The number of carbonyl (C=O) groups is 1. The van der Waals surface area contributed by atoms with E-state index in [9.17, 15) is 4.79 Å². The highest BCUT2D eigenvalue weighted by molar-refractivity contribution is 6.34. The second-order valence-electron chi connectivity index (χ2n) is 6.64. The number of benzene rings is 2. The Morgan fingerprint density at radius 2 is 1.96 bits per heavy atom. The van der Waals surface area contributed by atoms with Gasteiger partial charge in [-0.1, -0.05) is 35.4 Å². The molecule has 3 rings (SSSR count). The van der Waals surface area contributed by atoms with Gasteiger partial charge in [-0.2, -0.15) is 0 Å². The highest BCUT2D eigenvalue weighted by Gasteiger charge is 2.20. The molecular weight excluding hydrogens is 320 g/mol. The van der Waals surface area contributed by atoms with Gasteiger partial charge < -0.3 is 10.2 Å². The molecule has 0 bridgehead atoms. The van der Waals surface area contributed by atoms with E-state index < -0.39 is 0 Å². The number of nitrogens with zero attached hydrogens (tertiary/aromatic N) is 1. The van der Waals surface area contributed by atoms with Crippen molar-refractivity contribution in [3.8, 4) is 0 Å². The molecule has 0 aromatic heterocycles. The van der Waals surface area contributed by atoms with E-state index in [0.29, 0.717) is 17.3 Å². The van der Waals surface area contributed by atoms with Crippen LogP contribution in [0.2, 0.25) is 5.02 Å². The SMILES string of the molecule is Cc1cc(C)c(NC(=O)CN2CCCc3cc(C)ccc32)c(Cl)c1. The van der Waals surface area contributed by atoms with E-state index in [-0.39, 0.29) is 5.91 Å². The molecule has 24 heavy (non-hydrogen) atoms. The first-order valence-corrected chi connectivity index (χ1v) is 8.73. The van der Waals surface area contributed by atoms with E-state index in [0.717, 1.165) is 30.5 Å². The summed E-state index contributed by atoms with van der Waals surface area (Å²) in [4.78, 5) is 14.7. The molecule has 1 amide bonds. The van der Waals surface area contributed by atoms with Crippen LogP contribution >= 0.6 is 11.6 Å². The van der Waals surface area contributed by atoms with Crippen molar-refractivity contribution in [2.24, 2.45) is 0 Å². The van der Waals surface area contributed by atoms with Crippen LogP contribution in [0.4, 0.5) is 11.4 Å². The molecule has 2 aromatic rings. The Bertz CT molecular complexity index is 762. The minimum absolute atomic E-state index is 0.0303. The van der Waals surface area contributed by atoms with E-state index in [2.05, 4.69) is 35.3 Å². The summed E-state index contributed by atoms with van der Waals surface area (Å²) in [5, 5.41) is 3.58. The fourth-order valence-corrected chi connectivity index (χ4v) is 3.76. The van der Waals surface area contributed by atoms with Gasteiger partial charge in [0.15, 0.2) is 0 Å². The Balaban J connectivity index is 1.75. The van der Waals surface area contributed by atoms with Crippen molar-refractivity contribution in [1.82, 2.24) is 0 Å². The summed E-state index contributed by atoms with van der Waals surface area (Å²) in [5.74, 6) is -0.0303. The topological polar surface area (TPSA) is 32.3 Å². The van der Waals surface area contributed by atoms with Crippen molar-refractivity contribution < 1.29 is 4.79 Å². The largest absolute Gasteiger partial charge is 0.362 e. The van der Waals surface area contributed by atoms with Crippen LogP contribution in [0.1, 0.15) is 28.7 Å². The summed E-state index contributed by atoms with van der Waals surface area (Å²) in [5.41, 5.74) is 6.57. The van der Waals surface area contributed by atoms with Gasteiger partial charge in [0, 0.05) is 12.2 Å². The molecule has 0 unspecified atom stereocenters. The second kappa shape index (κ2) is 6.86. The Morgan fingerprint density at radius 1 is 1.17 bits per heavy atom. The molecule has 1 aliphatic heterocycles. The monoisotopic (exact) mass is 342 g/mol. The van der Waals surface area contributed by atoms with Gasteiger partial charge in [-0.05, 0) is 62.4 Å². The zero-order valence-corrected chi connectivity index (χ0v) is 15.2. The van der Waals surface area contributed by atoms with E-state index in [1.807, 2.05) is 26.0 Å². The zero-order valence-electron chi connectivity index (χ0n) is 14.4. The zero-order chi connectivity index (χ0) is 17.3. The number of carbonyl (C=O) groups excluding carboxylic acids is 1. The number of aryl methyl sites for hydroxylation is 4.